The van der Waals surface area contributed by atoms with E-state index in [1.165, 1.54) is 0 Å². The minimum absolute atomic E-state index is 0.280. The van der Waals surface area contributed by atoms with Crippen LogP contribution >= 0.6 is 0 Å². The molecule has 1 aliphatic rings. The summed E-state index contributed by atoms with van der Waals surface area (Å²) in [6.07, 6.45) is 0.0837. The van der Waals surface area contributed by atoms with Crippen molar-refractivity contribution in [2.24, 2.45) is 5.41 Å². The van der Waals surface area contributed by atoms with Crippen LogP contribution in [0.5, 0.6) is 0 Å². The second-order valence-electron chi connectivity index (χ2n) is 5.37. The van der Waals surface area contributed by atoms with Crippen LogP contribution in [-0.2, 0) is 12.0 Å². The van der Waals surface area contributed by atoms with Gasteiger partial charge in [0.2, 0.25) is 0 Å². The number of hydrogen-bond acceptors (Lipinski definition) is 2. The van der Waals surface area contributed by atoms with Gasteiger partial charge >= 0.3 is 0 Å². The summed E-state index contributed by atoms with van der Waals surface area (Å²) in [5.74, 6) is 0. The number of aliphatic hydroxyl groups excluding tert-OH is 1. The molecule has 0 saturated heterocycles. The van der Waals surface area contributed by atoms with Crippen LogP contribution in [0, 0.1) is 5.41 Å². The molecule has 1 aromatic carbocycles. The Morgan fingerprint density at radius 3 is 2.47 bits per heavy atom. The predicted octanol–water partition coefficient (Wildman–Crippen LogP) is 1.84. The van der Waals surface area contributed by atoms with Crippen molar-refractivity contribution in [3.05, 3.63) is 35.4 Å². The van der Waals surface area contributed by atoms with Gasteiger partial charge in [0.25, 0.3) is 0 Å². The monoisotopic (exact) mass is 206 g/mol. The minimum Gasteiger partial charge on any atom is -0.389 e. The first-order valence-corrected chi connectivity index (χ1v) is 5.34. The Hall–Kier alpha value is -0.860. The van der Waals surface area contributed by atoms with Crippen molar-refractivity contribution in [1.29, 1.82) is 0 Å². The molecule has 1 aliphatic carbocycles. The summed E-state index contributed by atoms with van der Waals surface area (Å²) in [6.45, 7) is 5.67. The van der Waals surface area contributed by atoms with Crippen molar-refractivity contribution in [1.82, 2.24) is 0 Å². The third kappa shape index (κ3) is 1.48. The van der Waals surface area contributed by atoms with E-state index in [1.54, 1.807) is 6.92 Å². The van der Waals surface area contributed by atoms with Crippen molar-refractivity contribution in [2.75, 3.05) is 0 Å². The molecule has 2 heteroatoms. The van der Waals surface area contributed by atoms with E-state index in [9.17, 15) is 10.2 Å². The Morgan fingerprint density at radius 1 is 1.20 bits per heavy atom. The molecule has 0 saturated carbocycles. The maximum absolute atomic E-state index is 10.4. The van der Waals surface area contributed by atoms with Gasteiger partial charge in [-0.25, -0.2) is 0 Å². The quantitative estimate of drug-likeness (QED) is 0.680. The van der Waals surface area contributed by atoms with Gasteiger partial charge in [-0.3, -0.25) is 0 Å². The lowest BCUT2D eigenvalue weighted by molar-refractivity contribution is -0.129. The van der Waals surface area contributed by atoms with Crippen LogP contribution in [0.15, 0.2) is 24.3 Å². The summed E-state index contributed by atoms with van der Waals surface area (Å²) in [5.41, 5.74) is 0.575. The molecule has 0 amide bonds. The van der Waals surface area contributed by atoms with Crippen LogP contribution in [0.2, 0.25) is 0 Å². The molecule has 15 heavy (non-hydrogen) atoms. The predicted molar refractivity (Wildman–Crippen MR) is 59.5 cm³/mol. The highest BCUT2D eigenvalue weighted by Gasteiger charge is 2.47. The largest absolute Gasteiger partial charge is 0.389 e. The average Bonchev–Trinajstić information content (AvgIpc) is 2.15. The average molecular weight is 206 g/mol. The summed E-state index contributed by atoms with van der Waals surface area (Å²) in [6, 6.07) is 7.80. The van der Waals surface area contributed by atoms with Crippen LogP contribution in [0.25, 0.3) is 0 Å². The molecule has 0 heterocycles. The Morgan fingerprint density at radius 2 is 1.80 bits per heavy atom. The molecule has 2 unspecified atom stereocenters. The highest BCUT2D eigenvalue weighted by atomic mass is 16.3. The van der Waals surface area contributed by atoms with E-state index in [-0.39, 0.29) is 5.41 Å². The zero-order valence-corrected chi connectivity index (χ0v) is 9.49. The molecule has 0 fully saturated rings. The van der Waals surface area contributed by atoms with Crippen molar-refractivity contribution in [3.63, 3.8) is 0 Å². The molecule has 82 valence electrons. The lowest BCUT2D eigenvalue weighted by Crippen LogP contribution is -2.51. The molecule has 2 rings (SSSR count). The fraction of sp³-hybridized carbons (Fsp3) is 0.538. The van der Waals surface area contributed by atoms with E-state index in [1.807, 2.05) is 38.1 Å². The summed E-state index contributed by atoms with van der Waals surface area (Å²) in [5, 5.41) is 20.5. The molecule has 0 spiro atoms. The van der Waals surface area contributed by atoms with Gasteiger partial charge < -0.3 is 10.2 Å². The van der Waals surface area contributed by atoms with Gasteiger partial charge in [0.1, 0.15) is 5.60 Å². The third-order valence-electron chi connectivity index (χ3n) is 3.48. The molecule has 2 atom stereocenters. The van der Waals surface area contributed by atoms with Gasteiger partial charge in [0, 0.05) is 0 Å². The number of fused-ring (bicyclic) bond motifs is 1. The Balaban J connectivity index is 2.59. The standard InChI is InChI=1S/C13H18O2/c1-12(2)8-9-6-4-5-7-10(9)13(3,15)11(12)14/h4-7,11,14-15H,8H2,1-3H3. The van der Waals surface area contributed by atoms with E-state index in [4.69, 9.17) is 0 Å². The zero-order valence-electron chi connectivity index (χ0n) is 9.49. The van der Waals surface area contributed by atoms with E-state index in [0.29, 0.717) is 0 Å². The Kier molecular flexibility index (Phi) is 2.18. The van der Waals surface area contributed by atoms with E-state index < -0.39 is 11.7 Å². The van der Waals surface area contributed by atoms with Crippen LogP contribution < -0.4 is 0 Å². The summed E-state index contributed by atoms with van der Waals surface area (Å²) < 4.78 is 0. The lowest BCUT2D eigenvalue weighted by Gasteiger charge is -2.45. The Labute approximate surface area is 90.6 Å². The molecule has 1 aromatic rings. The topological polar surface area (TPSA) is 40.5 Å². The van der Waals surface area contributed by atoms with Gasteiger partial charge in [-0.15, -0.1) is 0 Å². The van der Waals surface area contributed by atoms with Crippen LogP contribution in [0.1, 0.15) is 31.9 Å². The molecular weight excluding hydrogens is 188 g/mol. The highest BCUT2D eigenvalue weighted by Crippen LogP contribution is 2.44. The molecule has 0 radical (unpaired) electrons. The molecule has 2 nitrogen and oxygen atoms in total. The summed E-state index contributed by atoms with van der Waals surface area (Å²) in [4.78, 5) is 0. The van der Waals surface area contributed by atoms with E-state index in [2.05, 4.69) is 0 Å². The fourth-order valence-electron chi connectivity index (χ4n) is 2.66. The van der Waals surface area contributed by atoms with Crippen LogP contribution in [-0.4, -0.2) is 16.3 Å². The zero-order chi connectivity index (χ0) is 11.3. The van der Waals surface area contributed by atoms with Gasteiger partial charge in [-0.2, -0.15) is 0 Å². The number of hydrogen-bond donors (Lipinski definition) is 2. The van der Waals surface area contributed by atoms with Crippen LogP contribution in [0.4, 0.5) is 0 Å². The first kappa shape index (κ1) is 10.7. The number of rotatable bonds is 0. The van der Waals surface area contributed by atoms with E-state index >= 15 is 0 Å². The molecule has 0 aliphatic heterocycles. The first-order chi connectivity index (χ1) is 6.86. The number of aliphatic hydroxyl groups is 2. The second kappa shape index (κ2) is 3.06. The molecule has 0 aromatic heterocycles. The summed E-state index contributed by atoms with van der Waals surface area (Å²) in [7, 11) is 0. The van der Waals surface area contributed by atoms with E-state index in [0.717, 1.165) is 17.5 Å². The van der Waals surface area contributed by atoms with Crippen molar-refractivity contribution < 1.29 is 10.2 Å². The SMILES string of the molecule is CC1(C)Cc2ccccc2C(C)(O)C1O. The van der Waals surface area contributed by atoms with Crippen molar-refractivity contribution in [3.8, 4) is 0 Å². The number of benzene rings is 1. The fourth-order valence-corrected chi connectivity index (χ4v) is 2.66. The molecular formula is C13H18O2. The first-order valence-electron chi connectivity index (χ1n) is 5.34. The Bertz CT molecular complexity index is 380. The summed E-state index contributed by atoms with van der Waals surface area (Å²) >= 11 is 0. The maximum atomic E-state index is 10.4. The smallest absolute Gasteiger partial charge is 0.113 e. The van der Waals surface area contributed by atoms with Gasteiger partial charge in [-0.1, -0.05) is 38.1 Å². The van der Waals surface area contributed by atoms with Crippen LogP contribution in [0.3, 0.4) is 0 Å². The van der Waals surface area contributed by atoms with Gasteiger partial charge in [0.05, 0.1) is 6.10 Å². The van der Waals surface area contributed by atoms with Crippen molar-refractivity contribution in [2.45, 2.75) is 38.9 Å². The normalized spacial score (nSPS) is 33.5. The minimum atomic E-state index is -1.14. The lowest BCUT2D eigenvalue weighted by atomic mass is 9.65. The van der Waals surface area contributed by atoms with Crippen molar-refractivity contribution >= 4 is 0 Å². The highest BCUT2D eigenvalue weighted by molar-refractivity contribution is 5.37. The molecule has 2 N–H and O–H groups in total. The maximum Gasteiger partial charge on any atom is 0.113 e. The second-order valence-corrected chi connectivity index (χ2v) is 5.37. The van der Waals surface area contributed by atoms with Gasteiger partial charge in [-0.05, 0) is 29.9 Å². The third-order valence-corrected chi connectivity index (χ3v) is 3.48. The van der Waals surface area contributed by atoms with Gasteiger partial charge in [0.15, 0.2) is 0 Å². The molecule has 0 bridgehead atoms.